The minimum Gasteiger partial charge on any atom is -0.344 e. The molecule has 0 saturated carbocycles. The standard InChI is InChI=1S/C16H18ClN/c1-12-4-9-16(13(2)10-12)18(3)15-7-5-14(11-17)6-8-15/h4-10H,11H2,1-3H3. The molecule has 2 rings (SSSR count). The highest BCUT2D eigenvalue weighted by molar-refractivity contribution is 6.17. The van der Waals surface area contributed by atoms with Crippen LogP contribution in [0.5, 0.6) is 0 Å². The molecule has 0 aliphatic heterocycles. The van der Waals surface area contributed by atoms with Crippen LogP contribution in [0.15, 0.2) is 42.5 Å². The summed E-state index contributed by atoms with van der Waals surface area (Å²) in [7, 11) is 2.09. The highest BCUT2D eigenvalue weighted by atomic mass is 35.5. The molecule has 2 aromatic carbocycles. The fourth-order valence-electron chi connectivity index (χ4n) is 2.13. The molecule has 1 nitrogen and oxygen atoms in total. The number of alkyl halides is 1. The first-order valence-corrected chi connectivity index (χ1v) is 6.61. The van der Waals surface area contributed by atoms with Gasteiger partial charge in [-0.15, -0.1) is 11.6 Å². The van der Waals surface area contributed by atoms with E-state index in [4.69, 9.17) is 11.6 Å². The van der Waals surface area contributed by atoms with Crippen molar-refractivity contribution < 1.29 is 0 Å². The van der Waals surface area contributed by atoms with Gasteiger partial charge in [-0.1, -0.05) is 29.8 Å². The third-order valence-corrected chi connectivity index (χ3v) is 3.50. The first-order valence-electron chi connectivity index (χ1n) is 6.07. The number of hydrogen-bond donors (Lipinski definition) is 0. The van der Waals surface area contributed by atoms with Gasteiger partial charge in [-0.05, 0) is 43.2 Å². The van der Waals surface area contributed by atoms with Gasteiger partial charge in [0.05, 0.1) is 0 Å². The summed E-state index contributed by atoms with van der Waals surface area (Å²) in [5.74, 6) is 0.563. The molecule has 94 valence electrons. The normalized spacial score (nSPS) is 10.4. The van der Waals surface area contributed by atoms with Gasteiger partial charge in [0.15, 0.2) is 0 Å². The predicted molar refractivity (Wildman–Crippen MR) is 80.0 cm³/mol. The topological polar surface area (TPSA) is 3.24 Å². The van der Waals surface area contributed by atoms with Crippen molar-refractivity contribution in [2.75, 3.05) is 11.9 Å². The molecule has 0 unspecified atom stereocenters. The second-order valence-electron chi connectivity index (χ2n) is 4.65. The highest BCUT2D eigenvalue weighted by Gasteiger charge is 2.06. The van der Waals surface area contributed by atoms with Crippen LogP contribution in [0.25, 0.3) is 0 Å². The Kier molecular flexibility index (Phi) is 3.93. The van der Waals surface area contributed by atoms with Gasteiger partial charge in [-0.2, -0.15) is 0 Å². The minimum atomic E-state index is 0.563. The lowest BCUT2D eigenvalue weighted by molar-refractivity contribution is 1.17. The van der Waals surface area contributed by atoms with Gasteiger partial charge >= 0.3 is 0 Å². The molecule has 0 aliphatic carbocycles. The molecular weight excluding hydrogens is 242 g/mol. The van der Waals surface area contributed by atoms with Crippen LogP contribution in [0.3, 0.4) is 0 Å². The quantitative estimate of drug-likeness (QED) is 0.715. The molecule has 0 radical (unpaired) electrons. The van der Waals surface area contributed by atoms with E-state index in [9.17, 15) is 0 Å². The molecular formula is C16H18ClN. The van der Waals surface area contributed by atoms with E-state index in [0.29, 0.717) is 5.88 Å². The van der Waals surface area contributed by atoms with Gasteiger partial charge in [0.1, 0.15) is 0 Å². The summed E-state index contributed by atoms with van der Waals surface area (Å²) in [6.45, 7) is 4.26. The second-order valence-corrected chi connectivity index (χ2v) is 4.92. The van der Waals surface area contributed by atoms with E-state index in [0.717, 1.165) is 5.56 Å². The van der Waals surface area contributed by atoms with Gasteiger partial charge in [-0.3, -0.25) is 0 Å². The van der Waals surface area contributed by atoms with Crippen molar-refractivity contribution >= 4 is 23.0 Å². The lowest BCUT2D eigenvalue weighted by Gasteiger charge is -2.22. The van der Waals surface area contributed by atoms with E-state index in [1.165, 1.54) is 22.5 Å². The van der Waals surface area contributed by atoms with Crippen molar-refractivity contribution in [1.82, 2.24) is 0 Å². The largest absolute Gasteiger partial charge is 0.344 e. The summed E-state index contributed by atoms with van der Waals surface area (Å²) in [5.41, 5.74) is 6.14. The van der Waals surface area contributed by atoms with Crippen LogP contribution < -0.4 is 4.90 Å². The molecule has 0 atom stereocenters. The van der Waals surface area contributed by atoms with Gasteiger partial charge < -0.3 is 4.90 Å². The van der Waals surface area contributed by atoms with E-state index in [1.54, 1.807) is 0 Å². The Hall–Kier alpha value is -1.47. The van der Waals surface area contributed by atoms with E-state index in [-0.39, 0.29) is 0 Å². The molecule has 0 amide bonds. The highest BCUT2D eigenvalue weighted by Crippen LogP contribution is 2.27. The van der Waals surface area contributed by atoms with Crippen LogP contribution in [-0.4, -0.2) is 7.05 Å². The van der Waals surface area contributed by atoms with Crippen LogP contribution in [-0.2, 0) is 5.88 Å². The molecule has 18 heavy (non-hydrogen) atoms. The maximum atomic E-state index is 5.80. The van der Waals surface area contributed by atoms with Crippen LogP contribution in [0, 0.1) is 13.8 Å². The fraction of sp³-hybridized carbons (Fsp3) is 0.250. The second kappa shape index (κ2) is 5.45. The number of nitrogens with zero attached hydrogens (tertiary/aromatic N) is 1. The van der Waals surface area contributed by atoms with Crippen LogP contribution in [0.4, 0.5) is 11.4 Å². The smallest absolute Gasteiger partial charge is 0.0474 e. The molecule has 0 aromatic heterocycles. The number of anilines is 2. The van der Waals surface area contributed by atoms with Crippen LogP contribution >= 0.6 is 11.6 Å². The molecule has 0 heterocycles. The number of rotatable bonds is 3. The average molecular weight is 260 g/mol. The maximum absolute atomic E-state index is 5.80. The van der Waals surface area contributed by atoms with E-state index in [2.05, 4.69) is 68.3 Å². The Morgan fingerprint density at radius 3 is 2.22 bits per heavy atom. The molecule has 0 aliphatic rings. The van der Waals surface area contributed by atoms with Crippen molar-refractivity contribution in [3.05, 3.63) is 59.2 Å². The molecule has 0 fully saturated rings. The Balaban J connectivity index is 2.31. The summed E-state index contributed by atoms with van der Waals surface area (Å²) >= 11 is 5.80. The first kappa shape index (κ1) is 13.0. The Morgan fingerprint density at radius 2 is 1.67 bits per heavy atom. The van der Waals surface area contributed by atoms with Crippen LogP contribution in [0.2, 0.25) is 0 Å². The third kappa shape index (κ3) is 2.68. The number of hydrogen-bond acceptors (Lipinski definition) is 1. The summed E-state index contributed by atoms with van der Waals surface area (Å²) in [6.07, 6.45) is 0. The van der Waals surface area contributed by atoms with E-state index >= 15 is 0 Å². The lowest BCUT2D eigenvalue weighted by Crippen LogP contribution is -2.10. The molecule has 2 aromatic rings. The monoisotopic (exact) mass is 259 g/mol. The summed E-state index contributed by atoms with van der Waals surface area (Å²) < 4.78 is 0. The lowest BCUT2D eigenvalue weighted by atomic mass is 10.1. The Morgan fingerprint density at radius 1 is 1.00 bits per heavy atom. The number of benzene rings is 2. The van der Waals surface area contributed by atoms with Gasteiger partial charge in [0.2, 0.25) is 0 Å². The predicted octanol–water partition coefficient (Wildman–Crippen LogP) is 4.81. The molecule has 0 spiro atoms. The average Bonchev–Trinajstić information content (AvgIpc) is 2.38. The van der Waals surface area contributed by atoms with Crippen LogP contribution in [0.1, 0.15) is 16.7 Å². The van der Waals surface area contributed by atoms with Gasteiger partial charge in [0, 0.05) is 24.3 Å². The van der Waals surface area contributed by atoms with Gasteiger partial charge in [0.25, 0.3) is 0 Å². The first-order chi connectivity index (χ1) is 8.61. The number of aryl methyl sites for hydroxylation is 2. The summed E-state index contributed by atoms with van der Waals surface area (Å²) in [5, 5.41) is 0. The van der Waals surface area contributed by atoms with Crippen molar-refractivity contribution in [3.8, 4) is 0 Å². The molecule has 2 heteroatoms. The Bertz CT molecular complexity index is 531. The number of halogens is 1. The van der Waals surface area contributed by atoms with Crippen molar-refractivity contribution in [1.29, 1.82) is 0 Å². The fourth-order valence-corrected chi connectivity index (χ4v) is 2.31. The molecule has 0 bridgehead atoms. The zero-order valence-corrected chi connectivity index (χ0v) is 11.8. The third-order valence-electron chi connectivity index (χ3n) is 3.19. The zero-order valence-electron chi connectivity index (χ0n) is 11.1. The minimum absolute atomic E-state index is 0.563. The van der Waals surface area contributed by atoms with E-state index < -0.39 is 0 Å². The Labute approximate surface area is 114 Å². The molecule has 0 saturated heterocycles. The molecule has 0 N–H and O–H groups in total. The van der Waals surface area contributed by atoms with Gasteiger partial charge in [-0.25, -0.2) is 0 Å². The zero-order chi connectivity index (χ0) is 13.1. The SMILES string of the molecule is Cc1ccc(N(C)c2ccc(CCl)cc2)c(C)c1. The van der Waals surface area contributed by atoms with Crippen molar-refractivity contribution in [2.45, 2.75) is 19.7 Å². The van der Waals surface area contributed by atoms with Crippen molar-refractivity contribution in [2.24, 2.45) is 0 Å². The van der Waals surface area contributed by atoms with Crippen molar-refractivity contribution in [3.63, 3.8) is 0 Å². The summed E-state index contributed by atoms with van der Waals surface area (Å²) in [6, 6.07) is 14.9. The maximum Gasteiger partial charge on any atom is 0.0474 e. The summed E-state index contributed by atoms with van der Waals surface area (Å²) in [4.78, 5) is 2.20. The van der Waals surface area contributed by atoms with E-state index in [1.807, 2.05) is 0 Å².